The molecule has 31 heavy (non-hydrogen) atoms. The summed E-state index contributed by atoms with van der Waals surface area (Å²) in [5.74, 6) is -0.908. The van der Waals surface area contributed by atoms with Gasteiger partial charge in [-0.3, -0.25) is 4.90 Å². The molecule has 2 aromatic carbocycles. The molecule has 1 atom stereocenters. The second-order valence-corrected chi connectivity index (χ2v) is 7.83. The molecule has 0 radical (unpaired) electrons. The molecule has 4 heteroatoms. The predicted octanol–water partition coefficient (Wildman–Crippen LogP) is 6.23. The van der Waals surface area contributed by atoms with Crippen molar-refractivity contribution in [1.82, 2.24) is 9.88 Å². The summed E-state index contributed by atoms with van der Waals surface area (Å²) in [4.78, 5) is 16.8. The van der Waals surface area contributed by atoms with Gasteiger partial charge in [-0.1, -0.05) is 57.2 Å². The molecule has 1 unspecified atom stereocenters. The molecule has 164 valence electrons. The maximum atomic E-state index is 10.8. The third kappa shape index (κ3) is 5.45. The molecule has 0 bridgehead atoms. The van der Waals surface area contributed by atoms with Gasteiger partial charge >= 0.3 is 5.97 Å². The van der Waals surface area contributed by atoms with Crippen LogP contribution in [0.3, 0.4) is 0 Å². The van der Waals surface area contributed by atoms with Gasteiger partial charge in [0.15, 0.2) is 0 Å². The fraction of sp³-hybridized carbons (Fsp3) is 0.370. The number of fused-ring (bicyclic) bond motifs is 2. The van der Waals surface area contributed by atoms with Gasteiger partial charge in [-0.05, 0) is 66.6 Å². The van der Waals surface area contributed by atoms with Gasteiger partial charge in [-0.15, -0.1) is 0 Å². The number of carbonyl (C=O) groups is 1. The standard InChI is InChI=1S/C25H28N2O2.C2H6/c1-2-14-27(15-13-20-17-26-23-6-4-3-5-21(20)23)24-11-9-19-16-18(7-10-22(19)24)8-12-25(28)29;1-2/h3-8,10,12,16-17,24,26H,2,9,11,13-15H2,1H3,(H,28,29);1-2H3/b12-8+;. The Hall–Kier alpha value is -2.85. The lowest BCUT2D eigenvalue weighted by Gasteiger charge is -2.29. The van der Waals surface area contributed by atoms with Gasteiger partial charge < -0.3 is 10.1 Å². The number of hydrogen-bond acceptors (Lipinski definition) is 2. The number of aromatic nitrogens is 1. The maximum Gasteiger partial charge on any atom is 0.328 e. The van der Waals surface area contributed by atoms with E-state index in [2.05, 4.69) is 59.4 Å². The minimum Gasteiger partial charge on any atom is -0.478 e. The van der Waals surface area contributed by atoms with Crippen molar-refractivity contribution in [3.05, 3.63) is 77.0 Å². The van der Waals surface area contributed by atoms with Gasteiger partial charge in [-0.25, -0.2) is 4.79 Å². The van der Waals surface area contributed by atoms with Gasteiger partial charge in [0.1, 0.15) is 0 Å². The summed E-state index contributed by atoms with van der Waals surface area (Å²) in [6, 6.07) is 15.3. The monoisotopic (exact) mass is 418 g/mol. The molecule has 1 heterocycles. The van der Waals surface area contributed by atoms with Gasteiger partial charge in [0.25, 0.3) is 0 Å². The molecule has 1 aliphatic carbocycles. The fourth-order valence-electron chi connectivity index (χ4n) is 4.58. The predicted molar refractivity (Wildman–Crippen MR) is 129 cm³/mol. The first-order valence-corrected chi connectivity index (χ1v) is 11.5. The lowest BCUT2D eigenvalue weighted by Crippen LogP contribution is -2.30. The number of H-pyrrole nitrogens is 1. The van der Waals surface area contributed by atoms with Gasteiger partial charge in [0.2, 0.25) is 0 Å². The molecule has 0 amide bonds. The molecule has 0 fully saturated rings. The number of para-hydroxylation sites is 1. The van der Waals surface area contributed by atoms with Gasteiger partial charge in [-0.2, -0.15) is 0 Å². The van der Waals surface area contributed by atoms with Crippen molar-refractivity contribution in [2.24, 2.45) is 0 Å². The van der Waals surface area contributed by atoms with Crippen molar-refractivity contribution in [2.45, 2.75) is 52.5 Å². The zero-order valence-electron chi connectivity index (χ0n) is 18.9. The number of nitrogens with one attached hydrogen (secondary N) is 1. The van der Waals surface area contributed by atoms with Crippen molar-refractivity contribution in [3.63, 3.8) is 0 Å². The first-order chi connectivity index (χ1) is 15.2. The van der Waals surface area contributed by atoms with E-state index in [1.807, 2.05) is 19.9 Å². The number of benzene rings is 2. The number of carboxylic acids is 1. The number of carboxylic acid groups (broad SMARTS) is 1. The lowest BCUT2D eigenvalue weighted by molar-refractivity contribution is -0.131. The molecule has 3 aromatic rings. The van der Waals surface area contributed by atoms with Crippen LogP contribution in [0.5, 0.6) is 0 Å². The summed E-state index contributed by atoms with van der Waals surface area (Å²) in [5.41, 5.74) is 6.32. The number of aryl methyl sites for hydroxylation is 1. The summed E-state index contributed by atoms with van der Waals surface area (Å²) in [7, 11) is 0. The summed E-state index contributed by atoms with van der Waals surface area (Å²) in [6.45, 7) is 8.38. The summed E-state index contributed by atoms with van der Waals surface area (Å²) < 4.78 is 0. The third-order valence-corrected chi connectivity index (χ3v) is 5.93. The molecule has 4 nitrogen and oxygen atoms in total. The lowest BCUT2D eigenvalue weighted by atomic mass is 10.0. The van der Waals surface area contributed by atoms with Crippen LogP contribution in [-0.2, 0) is 17.6 Å². The second kappa shape index (κ2) is 11.0. The fourth-order valence-corrected chi connectivity index (χ4v) is 4.58. The highest BCUT2D eigenvalue weighted by molar-refractivity contribution is 5.85. The highest BCUT2D eigenvalue weighted by atomic mass is 16.4. The minimum absolute atomic E-state index is 0.452. The quantitative estimate of drug-likeness (QED) is 0.426. The molecular formula is C27H34N2O2. The van der Waals surface area contributed by atoms with Gasteiger partial charge in [0, 0.05) is 35.8 Å². The number of aromatic amines is 1. The molecule has 0 spiro atoms. The zero-order valence-corrected chi connectivity index (χ0v) is 18.9. The van der Waals surface area contributed by atoms with Crippen molar-refractivity contribution in [3.8, 4) is 0 Å². The van der Waals surface area contributed by atoms with Crippen molar-refractivity contribution in [2.75, 3.05) is 13.1 Å². The van der Waals surface area contributed by atoms with E-state index >= 15 is 0 Å². The minimum atomic E-state index is -0.908. The molecule has 1 aliphatic rings. The van der Waals surface area contributed by atoms with Gasteiger partial charge in [0.05, 0.1) is 0 Å². The van der Waals surface area contributed by atoms with Crippen LogP contribution in [0.15, 0.2) is 54.7 Å². The molecule has 0 saturated heterocycles. The number of hydrogen-bond donors (Lipinski definition) is 2. The average Bonchev–Trinajstić information content (AvgIpc) is 3.40. The van der Waals surface area contributed by atoms with E-state index in [-0.39, 0.29) is 0 Å². The molecule has 0 aliphatic heterocycles. The van der Waals surface area contributed by atoms with Crippen LogP contribution in [0.1, 0.15) is 61.9 Å². The number of nitrogens with zero attached hydrogens (tertiary/aromatic N) is 1. The van der Waals surface area contributed by atoms with Crippen LogP contribution in [0.25, 0.3) is 17.0 Å². The molecule has 2 N–H and O–H groups in total. The SMILES string of the molecule is CC.CCCN(CCc1c[nH]c2ccccc12)C1CCc2cc(/C=C/C(=O)O)ccc21. The Bertz CT molecular complexity index is 1030. The van der Waals surface area contributed by atoms with E-state index in [0.717, 1.165) is 44.3 Å². The highest BCUT2D eigenvalue weighted by Gasteiger charge is 2.27. The Labute approximate surface area is 185 Å². The van der Waals surface area contributed by atoms with Crippen LogP contribution < -0.4 is 0 Å². The zero-order chi connectivity index (χ0) is 22.2. The number of rotatable bonds is 8. The molecule has 1 aromatic heterocycles. The average molecular weight is 419 g/mol. The summed E-state index contributed by atoms with van der Waals surface area (Å²) in [5, 5.41) is 10.2. The Morgan fingerprint density at radius 2 is 2.00 bits per heavy atom. The molecule has 4 rings (SSSR count). The molecular weight excluding hydrogens is 384 g/mol. The van der Waals surface area contributed by atoms with Crippen molar-refractivity contribution in [1.29, 1.82) is 0 Å². The van der Waals surface area contributed by atoms with E-state index < -0.39 is 5.97 Å². The first-order valence-electron chi connectivity index (χ1n) is 11.5. The Balaban J connectivity index is 0.00000132. The van der Waals surface area contributed by atoms with E-state index in [1.54, 1.807) is 6.08 Å². The topological polar surface area (TPSA) is 56.3 Å². The summed E-state index contributed by atoms with van der Waals surface area (Å²) >= 11 is 0. The van der Waals surface area contributed by atoms with Crippen LogP contribution in [0.2, 0.25) is 0 Å². The van der Waals surface area contributed by atoms with Crippen LogP contribution in [0, 0.1) is 0 Å². The Morgan fingerprint density at radius 1 is 1.19 bits per heavy atom. The smallest absolute Gasteiger partial charge is 0.328 e. The Kier molecular flexibility index (Phi) is 8.07. The van der Waals surface area contributed by atoms with Crippen LogP contribution >= 0.6 is 0 Å². The second-order valence-electron chi connectivity index (χ2n) is 7.83. The van der Waals surface area contributed by atoms with E-state index in [4.69, 9.17) is 5.11 Å². The maximum absolute atomic E-state index is 10.8. The number of aliphatic carboxylic acids is 1. The summed E-state index contributed by atoms with van der Waals surface area (Å²) in [6.07, 6.45) is 9.40. The largest absolute Gasteiger partial charge is 0.478 e. The third-order valence-electron chi connectivity index (χ3n) is 5.93. The van der Waals surface area contributed by atoms with E-state index in [1.165, 1.54) is 33.7 Å². The first kappa shape index (κ1) is 22.8. The normalized spacial score (nSPS) is 15.3. The molecule has 0 saturated carbocycles. The highest BCUT2D eigenvalue weighted by Crippen LogP contribution is 2.37. The van der Waals surface area contributed by atoms with E-state index in [9.17, 15) is 4.79 Å². The van der Waals surface area contributed by atoms with Crippen LogP contribution in [-0.4, -0.2) is 34.0 Å². The van der Waals surface area contributed by atoms with Crippen molar-refractivity contribution < 1.29 is 9.90 Å². The van der Waals surface area contributed by atoms with Crippen LogP contribution in [0.4, 0.5) is 0 Å². The van der Waals surface area contributed by atoms with Crippen molar-refractivity contribution >= 4 is 22.9 Å². The Morgan fingerprint density at radius 3 is 2.77 bits per heavy atom. The van der Waals surface area contributed by atoms with E-state index in [0.29, 0.717) is 6.04 Å².